The standard InChI is InChI=1S/C23H26F3N3O3S2/c1-34(31,32)19-6-7-21(28-12-14-33-15-13-28)20(16-19)22(30)29-10-8-27(9-11-29)18-4-2-17(3-5-18)23(24,25)26/h2-7,16H,8-15H2,1H3. The molecule has 11 heteroatoms. The smallest absolute Gasteiger partial charge is 0.369 e. The Morgan fingerprint density at radius 1 is 0.882 bits per heavy atom. The molecule has 4 rings (SSSR count). The molecule has 2 aromatic rings. The maximum Gasteiger partial charge on any atom is 0.416 e. The third kappa shape index (κ3) is 5.46. The second-order valence-corrected chi connectivity index (χ2v) is 11.6. The molecule has 2 aromatic carbocycles. The Bertz CT molecular complexity index is 1140. The van der Waals surface area contributed by atoms with E-state index in [-0.39, 0.29) is 10.8 Å². The van der Waals surface area contributed by atoms with Crippen molar-refractivity contribution in [2.75, 3.05) is 66.8 Å². The molecule has 0 aromatic heterocycles. The van der Waals surface area contributed by atoms with E-state index in [1.807, 2.05) is 16.7 Å². The van der Waals surface area contributed by atoms with E-state index >= 15 is 0 Å². The van der Waals surface area contributed by atoms with Crippen LogP contribution in [-0.4, -0.2) is 76.3 Å². The normalized spacial score (nSPS) is 17.7. The highest BCUT2D eigenvalue weighted by atomic mass is 32.2. The lowest BCUT2D eigenvalue weighted by Crippen LogP contribution is -2.49. The predicted octanol–water partition coefficient (Wildman–Crippen LogP) is 3.62. The van der Waals surface area contributed by atoms with Crippen molar-refractivity contribution in [3.05, 3.63) is 53.6 Å². The van der Waals surface area contributed by atoms with Gasteiger partial charge in [-0.25, -0.2) is 8.42 Å². The van der Waals surface area contributed by atoms with Crippen LogP contribution in [0.5, 0.6) is 0 Å². The van der Waals surface area contributed by atoms with E-state index in [1.54, 1.807) is 17.0 Å². The van der Waals surface area contributed by atoms with Crippen molar-refractivity contribution in [1.29, 1.82) is 0 Å². The van der Waals surface area contributed by atoms with Gasteiger partial charge in [0.1, 0.15) is 0 Å². The molecule has 2 fully saturated rings. The van der Waals surface area contributed by atoms with Crippen LogP contribution < -0.4 is 9.80 Å². The number of rotatable bonds is 4. The first-order valence-electron chi connectivity index (χ1n) is 10.9. The number of carbonyl (C=O) groups excluding carboxylic acids is 1. The summed E-state index contributed by atoms with van der Waals surface area (Å²) in [5, 5.41) is 0. The topological polar surface area (TPSA) is 60.9 Å². The molecule has 0 spiro atoms. The first-order valence-corrected chi connectivity index (χ1v) is 14.0. The van der Waals surface area contributed by atoms with Crippen LogP contribution in [-0.2, 0) is 16.0 Å². The van der Waals surface area contributed by atoms with Gasteiger partial charge in [-0.2, -0.15) is 24.9 Å². The van der Waals surface area contributed by atoms with Crippen LogP contribution in [0, 0.1) is 0 Å². The zero-order valence-electron chi connectivity index (χ0n) is 18.7. The van der Waals surface area contributed by atoms with Gasteiger partial charge in [-0.15, -0.1) is 0 Å². The maximum absolute atomic E-state index is 13.5. The number of anilines is 2. The highest BCUT2D eigenvalue weighted by Gasteiger charge is 2.31. The minimum Gasteiger partial charge on any atom is -0.369 e. The molecular formula is C23H26F3N3O3S2. The van der Waals surface area contributed by atoms with Crippen molar-refractivity contribution < 1.29 is 26.4 Å². The predicted molar refractivity (Wildman–Crippen MR) is 129 cm³/mol. The largest absolute Gasteiger partial charge is 0.416 e. The molecule has 2 aliphatic heterocycles. The SMILES string of the molecule is CS(=O)(=O)c1ccc(N2CCSCC2)c(C(=O)N2CCN(c3ccc(C(F)(F)F)cc3)CC2)c1. The van der Waals surface area contributed by atoms with E-state index in [4.69, 9.17) is 0 Å². The Kier molecular flexibility index (Phi) is 7.04. The van der Waals surface area contributed by atoms with Crippen LogP contribution in [0.25, 0.3) is 0 Å². The maximum atomic E-state index is 13.5. The molecule has 1 amide bonds. The third-order valence-corrected chi connectivity index (χ3v) is 8.16. The summed E-state index contributed by atoms with van der Waals surface area (Å²) in [5.41, 5.74) is 1.09. The lowest BCUT2D eigenvalue weighted by molar-refractivity contribution is -0.137. The molecule has 0 bridgehead atoms. The second-order valence-electron chi connectivity index (χ2n) is 8.37. The number of halogens is 3. The van der Waals surface area contributed by atoms with Gasteiger partial charge in [0.15, 0.2) is 9.84 Å². The van der Waals surface area contributed by atoms with Crippen LogP contribution >= 0.6 is 11.8 Å². The molecule has 6 nitrogen and oxygen atoms in total. The molecule has 34 heavy (non-hydrogen) atoms. The van der Waals surface area contributed by atoms with E-state index < -0.39 is 21.6 Å². The van der Waals surface area contributed by atoms with Gasteiger partial charge in [-0.3, -0.25) is 4.79 Å². The van der Waals surface area contributed by atoms with E-state index in [9.17, 15) is 26.4 Å². The number of benzene rings is 2. The first kappa shape index (κ1) is 24.7. The van der Waals surface area contributed by atoms with Crippen molar-refractivity contribution in [1.82, 2.24) is 4.90 Å². The first-order chi connectivity index (χ1) is 16.0. The Hall–Kier alpha value is -2.40. The summed E-state index contributed by atoms with van der Waals surface area (Å²) in [6.07, 6.45) is -3.26. The van der Waals surface area contributed by atoms with Gasteiger partial charge in [0.05, 0.1) is 16.0 Å². The number of amides is 1. The van der Waals surface area contributed by atoms with Crippen LogP contribution in [0.4, 0.5) is 24.5 Å². The fraction of sp³-hybridized carbons (Fsp3) is 0.435. The number of hydrogen-bond donors (Lipinski definition) is 0. The molecule has 0 unspecified atom stereocenters. The molecule has 2 heterocycles. The van der Waals surface area contributed by atoms with Crippen molar-refractivity contribution >= 4 is 38.9 Å². The quantitative estimate of drug-likeness (QED) is 0.623. The summed E-state index contributed by atoms with van der Waals surface area (Å²) in [5.74, 6) is 1.64. The highest BCUT2D eigenvalue weighted by Crippen LogP contribution is 2.31. The van der Waals surface area contributed by atoms with E-state index in [2.05, 4.69) is 4.90 Å². The van der Waals surface area contributed by atoms with Crippen molar-refractivity contribution in [2.45, 2.75) is 11.1 Å². The molecule has 0 N–H and O–H groups in total. The lowest BCUT2D eigenvalue weighted by atomic mass is 10.1. The van der Waals surface area contributed by atoms with Crippen molar-refractivity contribution in [3.8, 4) is 0 Å². The zero-order valence-corrected chi connectivity index (χ0v) is 20.3. The minimum atomic E-state index is -4.38. The second kappa shape index (κ2) is 9.69. The fourth-order valence-corrected chi connectivity index (χ4v) is 5.75. The van der Waals surface area contributed by atoms with Crippen LogP contribution in [0.1, 0.15) is 15.9 Å². The number of alkyl halides is 3. The summed E-state index contributed by atoms with van der Waals surface area (Å²) in [6, 6.07) is 9.75. The van der Waals surface area contributed by atoms with Crippen molar-refractivity contribution in [2.24, 2.45) is 0 Å². The number of hydrogen-bond acceptors (Lipinski definition) is 6. The van der Waals surface area contributed by atoms with Gasteiger partial charge < -0.3 is 14.7 Å². The number of sulfone groups is 1. The number of piperazine rings is 1. The van der Waals surface area contributed by atoms with Gasteiger partial charge in [0.25, 0.3) is 5.91 Å². The van der Waals surface area contributed by atoms with E-state index in [0.717, 1.165) is 48.7 Å². The Morgan fingerprint density at radius 3 is 2.06 bits per heavy atom. The molecule has 2 aliphatic rings. The highest BCUT2D eigenvalue weighted by molar-refractivity contribution is 7.99. The fourth-order valence-electron chi connectivity index (χ4n) is 4.20. The lowest BCUT2D eigenvalue weighted by Gasteiger charge is -2.37. The Morgan fingerprint density at radius 2 is 1.50 bits per heavy atom. The van der Waals surface area contributed by atoms with Gasteiger partial charge >= 0.3 is 6.18 Å². The van der Waals surface area contributed by atoms with Gasteiger partial charge in [-0.1, -0.05) is 0 Å². The monoisotopic (exact) mass is 513 g/mol. The minimum absolute atomic E-state index is 0.106. The molecular weight excluding hydrogens is 487 g/mol. The van der Waals surface area contributed by atoms with Crippen LogP contribution in [0.3, 0.4) is 0 Å². The molecule has 0 radical (unpaired) electrons. The van der Waals surface area contributed by atoms with Gasteiger partial charge in [0, 0.05) is 68.4 Å². The van der Waals surface area contributed by atoms with Crippen LogP contribution in [0.15, 0.2) is 47.4 Å². The Balaban J connectivity index is 1.52. The van der Waals surface area contributed by atoms with E-state index in [0.29, 0.717) is 37.4 Å². The van der Waals surface area contributed by atoms with E-state index in [1.165, 1.54) is 18.2 Å². The number of nitrogens with zero attached hydrogens (tertiary/aromatic N) is 3. The number of carbonyl (C=O) groups is 1. The van der Waals surface area contributed by atoms with Crippen LogP contribution in [0.2, 0.25) is 0 Å². The molecule has 0 saturated carbocycles. The number of thioether (sulfide) groups is 1. The average molecular weight is 514 g/mol. The van der Waals surface area contributed by atoms with Crippen molar-refractivity contribution in [3.63, 3.8) is 0 Å². The zero-order chi connectivity index (χ0) is 24.5. The Labute approximate surface area is 201 Å². The summed E-state index contributed by atoms with van der Waals surface area (Å²) in [7, 11) is -3.48. The summed E-state index contributed by atoms with van der Waals surface area (Å²) in [4.78, 5) is 19.4. The summed E-state index contributed by atoms with van der Waals surface area (Å²) >= 11 is 1.84. The summed E-state index contributed by atoms with van der Waals surface area (Å²) < 4.78 is 62.8. The summed E-state index contributed by atoms with van der Waals surface area (Å²) in [6.45, 7) is 3.28. The van der Waals surface area contributed by atoms with Gasteiger partial charge in [0.2, 0.25) is 0 Å². The average Bonchev–Trinajstić information content (AvgIpc) is 2.83. The molecule has 0 atom stereocenters. The van der Waals surface area contributed by atoms with Gasteiger partial charge in [-0.05, 0) is 42.5 Å². The third-order valence-electron chi connectivity index (χ3n) is 6.11. The molecule has 0 aliphatic carbocycles. The molecule has 2 saturated heterocycles. The molecule has 184 valence electrons.